The predicted octanol–water partition coefficient (Wildman–Crippen LogP) is 3.50. The standard InChI is InChI=1S/C30H38N4O7S2/c1-19(2)15-34(43(37,38)22-10-8-21(9-11-22)25-18-42-29(31)32-25)16-26(35)24(14-20-6-4-3-5-7-20)33-30(36)41-27-17-40-28-23(27)12-13-39-28/h3-11,18-19,23-24,26-28,35H,12-17H2,1-2H3,(H2,31,32)(H,33,36)/t23-,24-,26+,27-,28+/m0/s1. The molecule has 2 aliphatic heterocycles. The van der Waals surface area contributed by atoms with Gasteiger partial charge in [0.25, 0.3) is 0 Å². The van der Waals surface area contributed by atoms with Gasteiger partial charge in [0.2, 0.25) is 10.0 Å². The third-order valence-electron chi connectivity index (χ3n) is 7.58. The molecule has 2 fully saturated rings. The van der Waals surface area contributed by atoms with E-state index < -0.39 is 34.4 Å². The summed E-state index contributed by atoms with van der Waals surface area (Å²) in [6.07, 6.45) is -1.75. The van der Waals surface area contributed by atoms with Gasteiger partial charge in [-0.05, 0) is 36.5 Å². The number of aromatic nitrogens is 1. The summed E-state index contributed by atoms with van der Waals surface area (Å²) in [6.45, 7) is 4.55. The van der Waals surface area contributed by atoms with Crippen LogP contribution in [0.15, 0.2) is 64.9 Å². The Hall–Kier alpha value is -3.07. The number of benzene rings is 2. The van der Waals surface area contributed by atoms with Crippen LogP contribution in [0.2, 0.25) is 0 Å². The van der Waals surface area contributed by atoms with Crippen LogP contribution in [0.1, 0.15) is 25.8 Å². The Balaban J connectivity index is 1.32. The number of aliphatic hydroxyl groups excluding tert-OH is 1. The summed E-state index contributed by atoms with van der Waals surface area (Å²) in [4.78, 5) is 17.4. The van der Waals surface area contributed by atoms with E-state index in [0.717, 1.165) is 17.5 Å². The van der Waals surface area contributed by atoms with Crippen LogP contribution >= 0.6 is 11.3 Å². The minimum Gasteiger partial charge on any atom is -0.443 e. The number of hydrogen-bond acceptors (Lipinski definition) is 10. The zero-order valence-corrected chi connectivity index (χ0v) is 25.8. The van der Waals surface area contributed by atoms with Crippen molar-refractivity contribution < 1.29 is 32.5 Å². The highest BCUT2D eigenvalue weighted by Crippen LogP contribution is 2.33. The lowest BCUT2D eigenvalue weighted by Gasteiger charge is -2.31. The molecular formula is C30H38N4O7S2. The molecule has 2 aromatic carbocycles. The average Bonchev–Trinajstić information content (AvgIpc) is 3.72. The number of nitrogens with zero attached hydrogens (tertiary/aromatic N) is 2. The third kappa shape index (κ3) is 7.72. The van der Waals surface area contributed by atoms with Gasteiger partial charge < -0.3 is 30.4 Å². The first-order valence-electron chi connectivity index (χ1n) is 14.3. The van der Waals surface area contributed by atoms with Gasteiger partial charge in [0.05, 0.1) is 41.9 Å². The molecule has 0 unspecified atom stereocenters. The van der Waals surface area contributed by atoms with Crippen LogP contribution in [-0.4, -0.2) is 79.7 Å². The smallest absolute Gasteiger partial charge is 0.407 e. The molecule has 13 heteroatoms. The second kappa shape index (κ2) is 13.7. The van der Waals surface area contributed by atoms with Crippen molar-refractivity contribution in [3.05, 3.63) is 65.5 Å². The molecule has 2 saturated heterocycles. The van der Waals surface area contributed by atoms with Crippen LogP contribution < -0.4 is 11.1 Å². The van der Waals surface area contributed by atoms with E-state index in [0.29, 0.717) is 17.4 Å². The number of fused-ring (bicyclic) bond motifs is 1. The summed E-state index contributed by atoms with van der Waals surface area (Å²) < 4.78 is 45.7. The largest absolute Gasteiger partial charge is 0.443 e. The highest BCUT2D eigenvalue weighted by molar-refractivity contribution is 7.89. The first kappa shape index (κ1) is 31.4. The number of nitrogens with one attached hydrogen (secondary N) is 1. The molecule has 0 spiro atoms. The summed E-state index contributed by atoms with van der Waals surface area (Å²) in [6, 6.07) is 15.0. The predicted molar refractivity (Wildman–Crippen MR) is 163 cm³/mol. The van der Waals surface area contributed by atoms with Crippen molar-refractivity contribution in [2.24, 2.45) is 11.8 Å². The maximum Gasteiger partial charge on any atom is 0.407 e. The Labute approximate surface area is 256 Å². The number of amides is 1. The lowest BCUT2D eigenvalue weighted by atomic mass is 10.0. The molecule has 0 aliphatic carbocycles. The number of nitrogens with two attached hydrogens (primary N) is 1. The van der Waals surface area contributed by atoms with Gasteiger partial charge in [0.1, 0.15) is 6.10 Å². The average molecular weight is 631 g/mol. The normalized spacial score (nSPS) is 21.6. The van der Waals surface area contributed by atoms with E-state index in [-0.39, 0.29) is 49.1 Å². The zero-order valence-electron chi connectivity index (χ0n) is 24.2. The second-order valence-corrected chi connectivity index (χ2v) is 14.1. The Morgan fingerprint density at radius 2 is 1.91 bits per heavy atom. The van der Waals surface area contributed by atoms with Gasteiger partial charge >= 0.3 is 6.09 Å². The Morgan fingerprint density at radius 1 is 1.16 bits per heavy atom. The van der Waals surface area contributed by atoms with Crippen LogP contribution in [0.25, 0.3) is 11.3 Å². The van der Waals surface area contributed by atoms with Crippen LogP contribution in [0.4, 0.5) is 9.93 Å². The molecule has 2 aliphatic rings. The summed E-state index contributed by atoms with van der Waals surface area (Å²) in [5.74, 6) is -0.0529. The number of alkyl carbamates (subject to hydrolysis) is 1. The number of thiazole rings is 1. The lowest BCUT2D eigenvalue weighted by molar-refractivity contribution is -0.0907. The van der Waals surface area contributed by atoms with Crippen LogP contribution in [0.5, 0.6) is 0 Å². The van der Waals surface area contributed by atoms with E-state index in [9.17, 15) is 18.3 Å². The number of nitrogen functional groups attached to an aromatic ring is 1. The molecule has 5 rings (SSSR count). The van der Waals surface area contributed by atoms with Gasteiger partial charge in [0.15, 0.2) is 11.4 Å². The van der Waals surface area contributed by atoms with E-state index in [1.807, 2.05) is 49.6 Å². The SMILES string of the molecule is CC(C)CN(C[C@@H](O)[C@H](Cc1ccccc1)NC(=O)O[C@H]1CO[C@H]2OCC[C@H]21)S(=O)(=O)c1ccc(-c2csc(N)n2)cc1. The van der Waals surface area contributed by atoms with Gasteiger partial charge in [-0.3, -0.25) is 0 Å². The molecule has 11 nitrogen and oxygen atoms in total. The third-order valence-corrected chi connectivity index (χ3v) is 10.1. The molecule has 0 bridgehead atoms. The Morgan fingerprint density at radius 3 is 2.58 bits per heavy atom. The lowest BCUT2D eigenvalue weighted by Crippen LogP contribution is -2.51. The van der Waals surface area contributed by atoms with Crippen molar-refractivity contribution in [3.8, 4) is 11.3 Å². The van der Waals surface area contributed by atoms with Gasteiger partial charge in [-0.2, -0.15) is 4.31 Å². The molecular weight excluding hydrogens is 592 g/mol. The number of anilines is 1. The fourth-order valence-electron chi connectivity index (χ4n) is 5.40. The summed E-state index contributed by atoms with van der Waals surface area (Å²) in [5.41, 5.74) is 8.04. The highest BCUT2D eigenvalue weighted by atomic mass is 32.2. The molecule has 5 atom stereocenters. The molecule has 3 aromatic rings. The molecule has 4 N–H and O–H groups in total. The number of carbonyl (C=O) groups excluding carboxylic acids is 1. The number of rotatable bonds is 12. The number of sulfonamides is 1. The minimum atomic E-state index is -3.99. The summed E-state index contributed by atoms with van der Waals surface area (Å²) >= 11 is 1.31. The number of carbonyl (C=O) groups is 1. The summed E-state index contributed by atoms with van der Waals surface area (Å²) in [7, 11) is -3.99. The maximum absolute atomic E-state index is 13.8. The fourth-order valence-corrected chi connectivity index (χ4v) is 7.60. The van der Waals surface area contributed by atoms with Gasteiger partial charge in [-0.25, -0.2) is 18.2 Å². The van der Waals surface area contributed by atoms with E-state index in [4.69, 9.17) is 19.9 Å². The second-order valence-electron chi connectivity index (χ2n) is 11.3. The quantitative estimate of drug-likeness (QED) is 0.273. The van der Waals surface area contributed by atoms with E-state index in [1.54, 1.807) is 12.1 Å². The van der Waals surface area contributed by atoms with Crippen molar-refractivity contribution in [2.45, 2.75) is 56.1 Å². The number of ether oxygens (including phenoxy) is 3. The van der Waals surface area contributed by atoms with Crippen molar-refractivity contribution in [3.63, 3.8) is 0 Å². The first-order chi connectivity index (χ1) is 20.6. The topological polar surface area (TPSA) is 153 Å². The van der Waals surface area contributed by atoms with E-state index >= 15 is 0 Å². The van der Waals surface area contributed by atoms with Gasteiger partial charge in [-0.15, -0.1) is 11.3 Å². The first-order valence-corrected chi connectivity index (χ1v) is 16.7. The molecule has 0 saturated carbocycles. The van der Waals surface area contributed by atoms with Crippen molar-refractivity contribution in [1.29, 1.82) is 0 Å². The van der Waals surface area contributed by atoms with Crippen molar-refractivity contribution in [2.75, 3.05) is 32.0 Å². The van der Waals surface area contributed by atoms with Crippen LogP contribution in [0.3, 0.4) is 0 Å². The molecule has 43 heavy (non-hydrogen) atoms. The Bertz CT molecular complexity index is 1470. The Kier molecular flexibility index (Phi) is 9.99. The molecule has 1 aromatic heterocycles. The summed E-state index contributed by atoms with van der Waals surface area (Å²) in [5, 5.41) is 16.5. The molecule has 3 heterocycles. The maximum atomic E-state index is 13.8. The van der Waals surface area contributed by atoms with Crippen LogP contribution in [0, 0.1) is 11.8 Å². The van der Waals surface area contributed by atoms with Gasteiger partial charge in [-0.1, -0.05) is 56.3 Å². The number of aliphatic hydroxyl groups is 1. The fraction of sp³-hybridized carbons (Fsp3) is 0.467. The van der Waals surface area contributed by atoms with Crippen molar-refractivity contribution >= 4 is 32.6 Å². The molecule has 232 valence electrons. The van der Waals surface area contributed by atoms with E-state index in [2.05, 4.69) is 10.3 Å². The van der Waals surface area contributed by atoms with E-state index in [1.165, 1.54) is 27.8 Å². The zero-order chi connectivity index (χ0) is 30.6. The molecule has 1 amide bonds. The number of hydrogen-bond donors (Lipinski definition) is 3. The highest BCUT2D eigenvalue weighted by Gasteiger charge is 2.44. The minimum absolute atomic E-state index is 0.0197. The van der Waals surface area contributed by atoms with Gasteiger partial charge in [0, 0.05) is 24.0 Å². The monoisotopic (exact) mass is 630 g/mol. The van der Waals surface area contributed by atoms with Crippen molar-refractivity contribution in [1.82, 2.24) is 14.6 Å². The molecule has 0 radical (unpaired) electrons. The van der Waals surface area contributed by atoms with Crippen LogP contribution in [-0.2, 0) is 30.7 Å².